The monoisotopic (exact) mass is 403 g/mol. The van der Waals surface area contributed by atoms with Crippen molar-refractivity contribution in [2.45, 2.75) is 31.2 Å². The summed E-state index contributed by atoms with van der Waals surface area (Å²) in [7, 11) is 0. The van der Waals surface area contributed by atoms with Gasteiger partial charge in [-0.1, -0.05) is 29.8 Å². The first-order valence-electron chi connectivity index (χ1n) is 9.31. The number of Topliss-reactive ketones (excluding diaryl/α,β-unsaturated/α-hetero) is 1. The maximum absolute atomic E-state index is 11.8. The van der Waals surface area contributed by atoms with Crippen molar-refractivity contribution in [3.63, 3.8) is 0 Å². The maximum atomic E-state index is 11.8. The van der Waals surface area contributed by atoms with Crippen molar-refractivity contribution in [3.8, 4) is 5.75 Å². The van der Waals surface area contributed by atoms with Gasteiger partial charge in [-0.25, -0.2) is 0 Å². The van der Waals surface area contributed by atoms with Crippen LogP contribution in [0.15, 0.2) is 36.4 Å². The molecule has 0 aliphatic carbocycles. The van der Waals surface area contributed by atoms with Crippen molar-refractivity contribution in [2.75, 3.05) is 25.1 Å². The Hall–Kier alpha value is -2.12. The van der Waals surface area contributed by atoms with E-state index in [-0.39, 0.29) is 6.42 Å². The average Bonchev–Trinajstić information content (AvgIpc) is 2.71. The number of carbonyl (C=O) groups is 1. The van der Waals surface area contributed by atoms with Crippen LogP contribution in [-0.2, 0) is 16.0 Å². The smallest absolute Gasteiger partial charge is 0.192 e. The van der Waals surface area contributed by atoms with E-state index in [1.807, 2.05) is 30.3 Å². The van der Waals surface area contributed by atoms with Crippen LogP contribution in [0.1, 0.15) is 29.2 Å². The van der Waals surface area contributed by atoms with Crippen molar-refractivity contribution >= 4 is 23.1 Å². The molecule has 2 aliphatic heterocycles. The summed E-state index contributed by atoms with van der Waals surface area (Å²) >= 11 is 6.41. The van der Waals surface area contributed by atoms with Gasteiger partial charge in [0.15, 0.2) is 5.78 Å². The van der Waals surface area contributed by atoms with Crippen LogP contribution in [-0.4, -0.2) is 48.0 Å². The fourth-order valence-electron chi connectivity index (χ4n) is 3.64. The van der Waals surface area contributed by atoms with Crippen LogP contribution in [0.2, 0.25) is 5.02 Å². The predicted octanol–water partition coefficient (Wildman–Crippen LogP) is 2.49. The van der Waals surface area contributed by atoms with Gasteiger partial charge >= 0.3 is 0 Å². The van der Waals surface area contributed by atoms with Crippen LogP contribution in [0.5, 0.6) is 5.75 Å². The number of carbonyl (C=O) groups excluding carboxylic acids is 1. The molecule has 1 saturated heterocycles. The molecule has 6 nitrogen and oxygen atoms in total. The Morgan fingerprint density at radius 1 is 1.21 bits per heavy atom. The maximum Gasteiger partial charge on any atom is 0.192 e. The van der Waals surface area contributed by atoms with Crippen LogP contribution in [0.4, 0.5) is 5.69 Å². The van der Waals surface area contributed by atoms with Crippen molar-refractivity contribution in [1.29, 1.82) is 0 Å². The summed E-state index contributed by atoms with van der Waals surface area (Å²) in [5.41, 5.74) is 3.78. The lowest BCUT2D eigenvalue weighted by atomic mass is 9.93. The van der Waals surface area contributed by atoms with Crippen LogP contribution >= 0.6 is 11.6 Å². The van der Waals surface area contributed by atoms with E-state index in [0.717, 1.165) is 34.7 Å². The van der Waals surface area contributed by atoms with E-state index < -0.39 is 30.7 Å². The van der Waals surface area contributed by atoms with Gasteiger partial charge < -0.3 is 25.0 Å². The highest BCUT2D eigenvalue weighted by Crippen LogP contribution is 2.34. The molecule has 3 N–H and O–H groups in total. The molecule has 2 heterocycles. The second-order valence-electron chi connectivity index (χ2n) is 7.08. The molecule has 0 bridgehead atoms. The van der Waals surface area contributed by atoms with Crippen molar-refractivity contribution in [2.24, 2.45) is 0 Å². The van der Waals surface area contributed by atoms with Crippen LogP contribution < -0.4 is 10.1 Å². The first-order valence-corrected chi connectivity index (χ1v) is 9.69. The van der Waals surface area contributed by atoms with E-state index in [0.29, 0.717) is 18.1 Å². The molecule has 0 radical (unpaired) electrons. The molecule has 0 amide bonds. The van der Waals surface area contributed by atoms with Crippen LogP contribution in [0, 0.1) is 0 Å². The lowest BCUT2D eigenvalue weighted by molar-refractivity contribution is -0.161. The minimum atomic E-state index is -1.14. The molecular formula is C21H22ClNO5. The summed E-state index contributed by atoms with van der Waals surface area (Å²) < 4.78 is 11.4. The highest BCUT2D eigenvalue weighted by molar-refractivity contribution is 6.31. The highest BCUT2D eigenvalue weighted by Gasteiger charge is 2.36. The summed E-state index contributed by atoms with van der Waals surface area (Å²) in [6, 6.07) is 11.6. The normalized spacial score (nSPS) is 24.2. The summed E-state index contributed by atoms with van der Waals surface area (Å²) in [5, 5.41) is 23.3. The minimum Gasteiger partial charge on any atom is -0.490 e. The zero-order chi connectivity index (χ0) is 19.7. The lowest BCUT2D eigenvalue weighted by Crippen LogP contribution is -2.43. The lowest BCUT2D eigenvalue weighted by Gasteiger charge is -2.31. The molecule has 3 unspecified atom stereocenters. The van der Waals surface area contributed by atoms with Gasteiger partial charge in [0.1, 0.15) is 24.6 Å². The number of hydrogen-bond donors (Lipinski definition) is 3. The Kier molecular flexibility index (Phi) is 5.55. The van der Waals surface area contributed by atoms with Crippen LogP contribution in [0.25, 0.3) is 0 Å². The number of hydrogen-bond acceptors (Lipinski definition) is 6. The minimum absolute atomic E-state index is 0.161. The molecule has 1 fully saturated rings. The fraction of sp³-hybridized carbons (Fsp3) is 0.381. The van der Waals surface area contributed by atoms with E-state index in [2.05, 4.69) is 5.32 Å². The molecule has 0 aromatic heterocycles. The van der Waals surface area contributed by atoms with Gasteiger partial charge in [0.2, 0.25) is 0 Å². The third-order valence-corrected chi connectivity index (χ3v) is 5.50. The Bertz CT molecular complexity index is 887. The number of ether oxygens (including phenoxy) is 2. The summed E-state index contributed by atoms with van der Waals surface area (Å²) in [6.45, 7) is 0.986. The number of aliphatic hydroxyl groups is 2. The SMILES string of the molecule is O=C1C(O)CC(c2ccc(Cl)c(Cc3ccc4c(c3)OCCN4)c2)OC1CO. The molecule has 7 heteroatoms. The number of benzene rings is 2. The second kappa shape index (κ2) is 8.09. The zero-order valence-electron chi connectivity index (χ0n) is 15.2. The van der Waals surface area contributed by atoms with Gasteiger partial charge in [-0.3, -0.25) is 4.79 Å². The number of halogens is 1. The fourth-order valence-corrected chi connectivity index (χ4v) is 3.83. The van der Waals surface area contributed by atoms with E-state index in [1.165, 1.54) is 0 Å². The Morgan fingerprint density at radius 3 is 2.89 bits per heavy atom. The first-order chi connectivity index (χ1) is 13.5. The predicted molar refractivity (Wildman–Crippen MR) is 105 cm³/mol. The highest BCUT2D eigenvalue weighted by atomic mass is 35.5. The molecule has 148 valence electrons. The van der Waals surface area contributed by atoms with E-state index in [1.54, 1.807) is 6.07 Å². The molecule has 2 aromatic carbocycles. The Labute approximate surface area is 168 Å². The number of nitrogens with one attached hydrogen (secondary N) is 1. The average molecular weight is 404 g/mol. The molecule has 0 saturated carbocycles. The van der Waals surface area contributed by atoms with E-state index >= 15 is 0 Å². The number of fused-ring (bicyclic) bond motifs is 1. The molecule has 4 rings (SSSR count). The molecule has 0 spiro atoms. The van der Waals surface area contributed by atoms with Crippen molar-refractivity contribution < 1.29 is 24.5 Å². The molecule has 2 aliphatic rings. The van der Waals surface area contributed by atoms with E-state index in [9.17, 15) is 15.0 Å². The van der Waals surface area contributed by atoms with Gasteiger partial charge in [0, 0.05) is 18.0 Å². The standard InChI is InChI=1S/C21H22ClNO5/c22-15-3-2-13(18-10-17(25)21(26)20(11-24)28-18)9-14(15)7-12-1-4-16-19(8-12)27-6-5-23-16/h1-4,8-9,17-18,20,23-25H,5-7,10-11H2. The number of anilines is 1. The summed E-state index contributed by atoms with van der Waals surface area (Å²) in [4.78, 5) is 11.8. The first kappa shape index (κ1) is 19.2. The third-order valence-electron chi connectivity index (χ3n) is 5.13. The number of rotatable bonds is 4. The van der Waals surface area contributed by atoms with E-state index in [4.69, 9.17) is 21.1 Å². The Balaban J connectivity index is 1.57. The largest absolute Gasteiger partial charge is 0.490 e. The van der Waals surface area contributed by atoms with Crippen LogP contribution in [0.3, 0.4) is 0 Å². The van der Waals surface area contributed by atoms with Gasteiger partial charge in [-0.15, -0.1) is 0 Å². The molecular weight excluding hydrogens is 382 g/mol. The van der Waals surface area contributed by atoms with Gasteiger partial charge in [0.05, 0.1) is 18.4 Å². The van der Waals surface area contributed by atoms with Crippen molar-refractivity contribution in [3.05, 3.63) is 58.1 Å². The summed E-state index contributed by atoms with van der Waals surface area (Å²) in [5.74, 6) is 0.356. The second-order valence-corrected chi connectivity index (χ2v) is 7.49. The van der Waals surface area contributed by atoms with Gasteiger partial charge in [-0.2, -0.15) is 0 Å². The van der Waals surface area contributed by atoms with Crippen molar-refractivity contribution in [1.82, 2.24) is 0 Å². The van der Waals surface area contributed by atoms with Gasteiger partial charge in [0.25, 0.3) is 0 Å². The van der Waals surface area contributed by atoms with Gasteiger partial charge in [-0.05, 0) is 41.3 Å². The third kappa shape index (κ3) is 3.86. The molecule has 28 heavy (non-hydrogen) atoms. The number of ketones is 1. The zero-order valence-corrected chi connectivity index (χ0v) is 16.0. The Morgan fingerprint density at radius 2 is 2.07 bits per heavy atom. The number of aliphatic hydroxyl groups excluding tert-OH is 2. The summed E-state index contributed by atoms with van der Waals surface area (Å²) in [6.07, 6.45) is -1.84. The molecule has 2 aromatic rings. The topological polar surface area (TPSA) is 88.0 Å². The quantitative estimate of drug-likeness (QED) is 0.727. The molecule has 3 atom stereocenters.